The highest BCUT2D eigenvalue weighted by atomic mass is 16.6. The van der Waals surface area contributed by atoms with Crippen molar-refractivity contribution in [2.24, 2.45) is 0 Å². The Morgan fingerprint density at radius 2 is 1.75 bits per heavy atom. The lowest BCUT2D eigenvalue weighted by Gasteiger charge is -2.32. The Hall–Kier alpha value is -5.14. The number of hydrogen-bond acceptors (Lipinski definition) is 9. The maximum atomic E-state index is 13.0. The molecule has 0 aliphatic carbocycles. The van der Waals surface area contributed by atoms with Crippen LogP contribution < -0.4 is 5.32 Å². The van der Waals surface area contributed by atoms with E-state index in [1.54, 1.807) is 37.5 Å². The van der Waals surface area contributed by atoms with Crippen LogP contribution in [0.15, 0.2) is 49.1 Å². The lowest BCUT2D eigenvalue weighted by atomic mass is 9.98. The Bertz CT molecular complexity index is 1950. The zero-order chi connectivity index (χ0) is 34.4. The first kappa shape index (κ1) is 32.8. The number of aryl methyl sites for hydroxylation is 1. The molecule has 14 nitrogen and oxygen atoms in total. The SMILES string of the molecule is Cc1cc(-c2nc(-c3cnn(C4CCN(C(=O)OC(C)(C)C)CC4)n3)cn3nccc23)ccc1[C@@H](C)NC(=O)c1cn(C(C)(C)C)nn1. The van der Waals surface area contributed by atoms with Crippen molar-refractivity contribution in [1.29, 1.82) is 0 Å². The molecule has 48 heavy (non-hydrogen) atoms. The third kappa shape index (κ3) is 6.92. The highest BCUT2D eigenvalue weighted by Crippen LogP contribution is 2.30. The number of carbonyl (C=O) groups is 2. The zero-order valence-corrected chi connectivity index (χ0v) is 28.8. The van der Waals surface area contributed by atoms with Crippen LogP contribution >= 0.6 is 0 Å². The number of likely N-dealkylation sites (tertiary alicyclic amines) is 1. The number of nitrogens with zero attached hydrogens (tertiary/aromatic N) is 10. The van der Waals surface area contributed by atoms with Crippen LogP contribution in [-0.2, 0) is 10.3 Å². The Balaban J connectivity index is 1.19. The average molecular weight is 654 g/mol. The molecule has 5 aromatic rings. The minimum absolute atomic E-state index is 0.0634. The number of rotatable bonds is 6. The van der Waals surface area contributed by atoms with Gasteiger partial charge in [0.1, 0.15) is 17.0 Å². The van der Waals surface area contributed by atoms with Gasteiger partial charge in [-0.25, -0.2) is 19.0 Å². The molecular formula is C34H43N11O3. The third-order valence-electron chi connectivity index (χ3n) is 8.37. The van der Waals surface area contributed by atoms with Gasteiger partial charge < -0.3 is 15.0 Å². The van der Waals surface area contributed by atoms with Crippen molar-refractivity contribution >= 4 is 17.5 Å². The number of aromatic nitrogens is 9. The first-order chi connectivity index (χ1) is 22.7. The van der Waals surface area contributed by atoms with Crippen molar-refractivity contribution in [2.45, 2.75) is 91.5 Å². The van der Waals surface area contributed by atoms with Crippen LogP contribution in [0.1, 0.15) is 95.0 Å². The van der Waals surface area contributed by atoms with Gasteiger partial charge in [0.15, 0.2) is 5.69 Å². The predicted octanol–water partition coefficient (Wildman–Crippen LogP) is 5.37. The summed E-state index contributed by atoms with van der Waals surface area (Å²) in [6, 6.07) is 7.83. The second kappa shape index (κ2) is 12.5. The van der Waals surface area contributed by atoms with E-state index in [4.69, 9.17) is 14.8 Å². The summed E-state index contributed by atoms with van der Waals surface area (Å²) in [4.78, 5) is 34.0. The maximum Gasteiger partial charge on any atom is 0.410 e. The summed E-state index contributed by atoms with van der Waals surface area (Å²) >= 11 is 0. The third-order valence-corrected chi connectivity index (χ3v) is 8.37. The van der Waals surface area contributed by atoms with Crippen LogP contribution in [0.3, 0.4) is 0 Å². The Labute approximate surface area is 279 Å². The standard InChI is InChI=1S/C34H43N11O3/c1-21-17-23(9-10-25(21)22(2)37-31(46)28-20-44(41-39-28)33(3,4)5)30-29-11-14-35-43(29)19-27(38-30)26-18-36-45(40-26)24-12-15-42(16-13-24)32(47)48-34(6,7)8/h9-11,14,17-20,22,24H,12-13,15-16H2,1-8H3,(H,37,46)/t22-/m1/s1. The van der Waals surface area contributed by atoms with E-state index in [0.29, 0.717) is 24.5 Å². The predicted molar refractivity (Wildman–Crippen MR) is 179 cm³/mol. The van der Waals surface area contributed by atoms with E-state index in [2.05, 4.69) is 31.9 Å². The molecule has 0 bridgehead atoms. The molecule has 0 saturated carbocycles. The summed E-state index contributed by atoms with van der Waals surface area (Å²) in [5.41, 5.74) is 5.28. The summed E-state index contributed by atoms with van der Waals surface area (Å²) in [5, 5.41) is 25.1. The maximum absolute atomic E-state index is 13.0. The molecule has 2 amide bonds. The summed E-state index contributed by atoms with van der Waals surface area (Å²) in [5.74, 6) is -0.279. The monoisotopic (exact) mass is 653 g/mol. The fourth-order valence-corrected chi connectivity index (χ4v) is 5.79. The van der Waals surface area contributed by atoms with Gasteiger partial charge in [-0.2, -0.15) is 20.1 Å². The van der Waals surface area contributed by atoms with Gasteiger partial charge in [-0.05, 0) is 91.5 Å². The van der Waals surface area contributed by atoms with Crippen molar-refractivity contribution in [3.8, 4) is 22.6 Å². The molecule has 1 aromatic carbocycles. The van der Waals surface area contributed by atoms with Gasteiger partial charge in [0.2, 0.25) is 0 Å². The van der Waals surface area contributed by atoms with Crippen molar-refractivity contribution < 1.29 is 14.3 Å². The summed E-state index contributed by atoms with van der Waals surface area (Å²) in [7, 11) is 0. The number of nitrogens with one attached hydrogen (secondary N) is 1. The molecule has 6 rings (SSSR count). The Morgan fingerprint density at radius 1 is 1.00 bits per heavy atom. The average Bonchev–Trinajstić information content (AvgIpc) is 3.80. The quantitative estimate of drug-likeness (QED) is 0.255. The molecule has 1 aliphatic heterocycles. The summed E-state index contributed by atoms with van der Waals surface area (Å²) in [6.07, 6.45) is 8.16. The van der Waals surface area contributed by atoms with E-state index < -0.39 is 5.60 Å². The molecule has 1 aliphatic rings. The molecule has 252 valence electrons. The van der Waals surface area contributed by atoms with E-state index in [-0.39, 0.29) is 35.3 Å². The fraction of sp³-hybridized carbons (Fsp3) is 0.471. The zero-order valence-electron chi connectivity index (χ0n) is 28.8. The lowest BCUT2D eigenvalue weighted by Crippen LogP contribution is -2.42. The summed E-state index contributed by atoms with van der Waals surface area (Å²) < 4.78 is 9.02. The molecule has 0 radical (unpaired) electrons. The molecule has 1 N–H and O–H groups in total. The number of carbonyl (C=O) groups excluding carboxylic acids is 2. The van der Waals surface area contributed by atoms with Crippen LogP contribution in [0, 0.1) is 6.92 Å². The number of ether oxygens (including phenoxy) is 1. The van der Waals surface area contributed by atoms with Crippen LogP contribution in [0.2, 0.25) is 0 Å². The number of benzene rings is 1. The van der Waals surface area contributed by atoms with Crippen molar-refractivity contribution in [1.82, 2.24) is 54.8 Å². The second-order valence-corrected chi connectivity index (χ2v) is 14.4. The molecule has 5 heterocycles. The van der Waals surface area contributed by atoms with Gasteiger partial charge in [-0.15, -0.1) is 5.10 Å². The lowest BCUT2D eigenvalue weighted by molar-refractivity contribution is 0.0180. The first-order valence-corrected chi connectivity index (χ1v) is 16.3. The van der Waals surface area contributed by atoms with E-state index in [0.717, 1.165) is 40.7 Å². The minimum Gasteiger partial charge on any atom is -0.444 e. The topological polar surface area (TPSA) is 150 Å². The van der Waals surface area contributed by atoms with Crippen LogP contribution in [0.4, 0.5) is 4.79 Å². The number of hydrogen-bond donors (Lipinski definition) is 1. The summed E-state index contributed by atoms with van der Waals surface area (Å²) in [6.45, 7) is 16.8. The Morgan fingerprint density at radius 3 is 2.42 bits per heavy atom. The first-order valence-electron chi connectivity index (χ1n) is 16.3. The van der Waals surface area contributed by atoms with Crippen LogP contribution in [0.25, 0.3) is 28.2 Å². The Kier molecular flexibility index (Phi) is 8.52. The van der Waals surface area contributed by atoms with Gasteiger partial charge in [0, 0.05) is 18.7 Å². The smallest absolute Gasteiger partial charge is 0.410 e. The van der Waals surface area contributed by atoms with Crippen LogP contribution in [-0.4, -0.2) is 80.2 Å². The molecule has 0 spiro atoms. The van der Waals surface area contributed by atoms with E-state index in [1.807, 2.05) is 79.8 Å². The van der Waals surface area contributed by atoms with Gasteiger partial charge in [-0.3, -0.25) is 4.79 Å². The molecule has 0 unspecified atom stereocenters. The van der Waals surface area contributed by atoms with Gasteiger partial charge in [-0.1, -0.05) is 17.3 Å². The molecular weight excluding hydrogens is 610 g/mol. The van der Waals surface area contributed by atoms with Gasteiger partial charge in [0.05, 0.1) is 53.6 Å². The van der Waals surface area contributed by atoms with Crippen molar-refractivity contribution in [3.63, 3.8) is 0 Å². The molecule has 4 aromatic heterocycles. The van der Waals surface area contributed by atoms with Crippen LogP contribution in [0.5, 0.6) is 0 Å². The number of amides is 2. The molecule has 14 heteroatoms. The molecule has 1 fully saturated rings. The van der Waals surface area contributed by atoms with Crippen molar-refractivity contribution in [3.05, 3.63) is 65.9 Å². The number of fused-ring (bicyclic) bond motifs is 1. The minimum atomic E-state index is -0.527. The van der Waals surface area contributed by atoms with Crippen molar-refractivity contribution in [2.75, 3.05) is 13.1 Å². The van der Waals surface area contributed by atoms with E-state index in [1.165, 1.54) is 0 Å². The molecule has 1 atom stereocenters. The van der Waals surface area contributed by atoms with E-state index in [9.17, 15) is 9.59 Å². The van der Waals surface area contributed by atoms with E-state index >= 15 is 0 Å². The highest BCUT2D eigenvalue weighted by molar-refractivity contribution is 5.92. The normalized spacial score (nSPS) is 15.1. The largest absolute Gasteiger partial charge is 0.444 e. The fourth-order valence-electron chi connectivity index (χ4n) is 5.79. The number of piperidine rings is 1. The van der Waals surface area contributed by atoms with Gasteiger partial charge >= 0.3 is 6.09 Å². The second-order valence-electron chi connectivity index (χ2n) is 14.4. The highest BCUT2D eigenvalue weighted by Gasteiger charge is 2.29. The molecule has 1 saturated heterocycles. The van der Waals surface area contributed by atoms with Gasteiger partial charge in [0.25, 0.3) is 5.91 Å².